The summed E-state index contributed by atoms with van der Waals surface area (Å²) in [6.07, 6.45) is -4.01. The number of thiazole rings is 1. The van der Waals surface area contributed by atoms with Gasteiger partial charge in [-0.3, -0.25) is 14.5 Å². The van der Waals surface area contributed by atoms with E-state index in [-0.39, 0.29) is 23.4 Å². The molecular weight excluding hydrogens is 541 g/mol. The standard InChI is InChI=1S/C28H27F3N6O2S/c1-2-36-10-12-37(13-11-36)16-20-6-7-21(15-22(20)28(29,30)31)33-25(39)19-5-3-4-18(14-19)23-8-9-24-26(34-23)40-27(35-24)32-17-38/h3-9,14-15,17H,2,10-13,16H2,1H3,(H,33,39)(H,32,35,38). The fourth-order valence-corrected chi connectivity index (χ4v) is 5.47. The predicted molar refractivity (Wildman–Crippen MR) is 149 cm³/mol. The Balaban J connectivity index is 1.33. The number of nitrogens with zero attached hydrogens (tertiary/aromatic N) is 4. The first-order chi connectivity index (χ1) is 19.2. The molecule has 2 aromatic heterocycles. The summed E-state index contributed by atoms with van der Waals surface area (Å²) in [7, 11) is 0. The van der Waals surface area contributed by atoms with Crippen LogP contribution in [0, 0.1) is 0 Å². The monoisotopic (exact) mass is 568 g/mol. The molecule has 208 valence electrons. The number of fused-ring (bicyclic) bond motifs is 1. The van der Waals surface area contributed by atoms with Gasteiger partial charge in [0, 0.05) is 49.5 Å². The average Bonchev–Trinajstić information content (AvgIpc) is 3.35. The molecule has 0 unspecified atom stereocenters. The summed E-state index contributed by atoms with van der Waals surface area (Å²) in [5.74, 6) is -0.533. The molecule has 8 nitrogen and oxygen atoms in total. The highest BCUT2D eigenvalue weighted by atomic mass is 32.1. The smallest absolute Gasteiger partial charge is 0.322 e. The van der Waals surface area contributed by atoms with Gasteiger partial charge in [0.1, 0.15) is 10.3 Å². The molecule has 2 aromatic carbocycles. The topological polar surface area (TPSA) is 90.5 Å². The molecule has 2 N–H and O–H groups in total. The number of alkyl halides is 3. The maximum absolute atomic E-state index is 14.0. The van der Waals surface area contributed by atoms with E-state index in [1.165, 1.54) is 23.5 Å². The molecule has 1 saturated heterocycles. The summed E-state index contributed by atoms with van der Waals surface area (Å²) in [6, 6.07) is 14.2. The van der Waals surface area contributed by atoms with E-state index in [4.69, 9.17) is 0 Å². The Hall–Kier alpha value is -3.87. The molecule has 0 atom stereocenters. The van der Waals surface area contributed by atoms with Crippen molar-refractivity contribution in [2.24, 2.45) is 0 Å². The van der Waals surface area contributed by atoms with Gasteiger partial charge in [-0.1, -0.05) is 36.5 Å². The number of hydrogen-bond acceptors (Lipinski definition) is 7. The van der Waals surface area contributed by atoms with E-state index >= 15 is 0 Å². The van der Waals surface area contributed by atoms with E-state index in [1.54, 1.807) is 36.4 Å². The molecule has 0 saturated carbocycles. The molecule has 0 radical (unpaired) electrons. The highest BCUT2D eigenvalue weighted by Crippen LogP contribution is 2.35. The lowest BCUT2D eigenvalue weighted by Gasteiger charge is -2.34. The second-order valence-electron chi connectivity index (χ2n) is 9.42. The highest BCUT2D eigenvalue weighted by molar-refractivity contribution is 7.21. The Kier molecular flexibility index (Phi) is 8.10. The minimum absolute atomic E-state index is 0.0710. The number of carbonyl (C=O) groups excluding carboxylic acids is 2. The molecule has 4 aromatic rings. The van der Waals surface area contributed by atoms with Crippen LogP contribution in [0.25, 0.3) is 21.6 Å². The zero-order valence-corrected chi connectivity index (χ0v) is 22.5. The Labute approximate surface area is 232 Å². The number of rotatable bonds is 8. The van der Waals surface area contributed by atoms with Crippen LogP contribution >= 0.6 is 11.3 Å². The molecule has 1 aliphatic heterocycles. The third-order valence-corrected chi connectivity index (χ3v) is 7.73. The van der Waals surface area contributed by atoms with Crippen LogP contribution in [-0.2, 0) is 17.5 Å². The van der Waals surface area contributed by atoms with E-state index in [9.17, 15) is 22.8 Å². The molecule has 0 spiro atoms. The number of aromatic nitrogens is 2. The van der Waals surface area contributed by atoms with Crippen molar-refractivity contribution in [3.05, 3.63) is 71.3 Å². The molecule has 0 aliphatic carbocycles. The van der Waals surface area contributed by atoms with Gasteiger partial charge < -0.3 is 15.5 Å². The molecule has 40 heavy (non-hydrogen) atoms. The summed E-state index contributed by atoms with van der Waals surface area (Å²) in [5.41, 5.74) is 1.66. The molecule has 3 heterocycles. The number of piperazine rings is 1. The number of carbonyl (C=O) groups is 2. The number of nitrogens with one attached hydrogen (secondary N) is 2. The quantitative estimate of drug-likeness (QED) is 0.279. The van der Waals surface area contributed by atoms with Crippen LogP contribution < -0.4 is 10.6 Å². The van der Waals surface area contributed by atoms with E-state index in [2.05, 4.69) is 32.4 Å². The van der Waals surface area contributed by atoms with Gasteiger partial charge in [0.25, 0.3) is 5.91 Å². The minimum atomic E-state index is -4.55. The van der Waals surface area contributed by atoms with Crippen molar-refractivity contribution in [3.63, 3.8) is 0 Å². The number of halogens is 3. The Morgan fingerprint density at radius 1 is 1.02 bits per heavy atom. The summed E-state index contributed by atoms with van der Waals surface area (Å²) >= 11 is 1.22. The normalized spacial score (nSPS) is 14.8. The van der Waals surface area contributed by atoms with Gasteiger partial charge in [0.15, 0.2) is 5.13 Å². The van der Waals surface area contributed by atoms with Crippen molar-refractivity contribution < 1.29 is 22.8 Å². The minimum Gasteiger partial charge on any atom is -0.322 e. The zero-order valence-electron chi connectivity index (χ0n) is 21.7. The third-order valence-electron chi connectivity index (χ3n) is 6.84. The summed E-state index contributed by atoms with van der Waals surface area (Å²) in [5, 5.41) is 5.54. The summed E-state index contributed by atoms with van der Waals surface area (Å²) in [6.45, 7) is 6.28. The molecule has 12 heteroatoms. The molecule has 0 bridgehead atoms. The van der Waals surface area contributed by atoms with Gasteiger partial charge in [0.05, 0.1) is 11.3 Å². The van der Waals surface area contributed by atoms with E-state index in [1.807, 2.05) is 4.90 Å². The van der Waals surface area contributed by atoms with E-state index < -0.39 is 17.6 Å². The number of pyridine rings is 1. The van der Waals surface area contributed by atoms with E-state index in [0.717, 1.165) is 25.7 Å². The van der Waals surface area contributed by atoms with Gasteiger partial charge in [-0.2, -0.15) is 13.2 Å². The first-order valence-electron chi connectivity index (χ1n) is 12.8. The van der Waals surface area contributed by atoms with Crippen LogP contribution in [0.5, 0.6) is 0 Å². The summed E-state index contributed by atoms with van der Waals surface area (Å²) < 4.78 is 42.0. The van der Waals surface area contributed by atoms with Crippen molar-refractivity contribution >= 4 is 44.8 Å². The first-order valence-corrected chi connectivity index (χ1v) is 13.6. The zero-order chi connectivity index (χ0) is 28.3. The maximum atomic E-state index is 14.0. The Morgan fingerprint density at radius 3 is 2.52 bits per heavy atom. The van der Waals surface area contributed by atoms with Crippen molar-refractivity contribution in [2.45, 2.75) is 19.6 Å². The fourth-order valence-electron chi connectivity index (χ4n) is 4.67. The maximum Gasteiger partial charge on any atom is 0.416 e. The van der Waals surface area contributed by atoms with Gasteiger partial charge in [-0.15, -0.1) is 0 Å². The molecule has 2 amide bonds. The van der Waals surface area contributed by atoms with Crippen LogP contribution in [0.2, 0.25) is 0 Å². The number of benzene rings is 2. The van der Waals surface area contributed by atoms with Gasteiger partial charge in [-0.05, 0) is 48.5 Å². The van der Waals surface area contributed by atoms with E-state index in [0.29, 0.717) is 46.2 Å². The van der Waals surface area contributed by atoms with Crippen molar-refractivity contribution in [1.29, 1.82) is 0 Å². The molecule has 1 aliphatic rings. The van der Waals surface area contributed by atoms with Gasteiger partial charge in [0.2, 0.25) is 6.41 Å². The van der Waals surface area contributed by atoms with Crippen LogP contribution in [0.3, 0.4) is 0 Å². The highest BCUT2D eigenvalue weighted by Gasteiger charge is 2.34. The molecule has 5 rings (SSSR count). The lowest BCUT2D eigenvalue weighted by atomic mass is 10.0. The first kappa shape index (κ1) is 27.7. The van der Waals surface area contributed by atoms with Crippen LogP contribution in [0.4, 0.5) is 24.0 Å². The van der Waals surface area contributed by atoms with Crippen molar-refractivity contribution in [2.75, 3.05) is 43.4 Å². The van der Waals surface area contributed by atoms with Crippen LogP contribution in [-0.4, -0.2) is 64.8 Å². The third kappa shape index (κ3) is 6.30. The lowest BCUT2D eigenvalue weighted by molar-refractivity contribution is -0.138. The second kappa shape index (κ2) is 11.7. The number of likely N-dealkylation sites (N-methyl/N-ethyl adjacent to an activating group) is 1. The number of anilines is 2. The fraction of sp³-hybridized carbons (Fsp3) is 0.286. The lowest BCUT2D eigenvalue weighted by Crippen LogP contribution is -2.45. The predicted octanol–water partition coefficient (Wildman–Crippen LogP) is 5.34. The van der Waals surface area contributed by atoms with Gasteiger partial charge in [-0.25, -0.2) is 9.97 Å². The molecule has 1 fully saturated rings. The van der Waals surface area contributed by atoms with Gasteiger partial charge >= 0.3 is 6.18 Å². The number of amides is 2. The molecular formula is C28H27F3N6O2S. The van der Waals surface area contributed by atoms with Crippen molar-refractivity contribution in [3.8, 4) is 11.3 Å². The Bertz CT molecular complexity index is 1530. The average molecular weight is 569 g/mol. The SMILES string of the molecule is CCN1CCN(Cc2ccc(NC(=O)c3cccc(-c4ccc5nc(NC=O)sc5n4)c3)cc2C(F)(F)F)CC1. The largest absolute Gasteiger partial charge is 0.416 e. The second-order valence-corrected chi connectivity index (χ2v) is 10.4. The Morgan fingerprint density at radius 2 is 1.80 bits per heavy atom. The van der Waals surface area contributed by atoms with Crippen molar-refractivity contribution in [1.82, 2.24) is 19.8 Å². The summed E-state index contributed by atoms with van der Waals surface area (Å²) in [4.78, 5) is 37.5. The number of hydrogen-bond donors (Lipinski definition) is 2. The van der Waals surface area contributed by atoms with Crippen LogP contribution in [0.1, 0.15) is 28.4 Å². The van der Waals surface area contributed by atoms with Crippen LogP contribution in [0.15, 0.2) is 54.6 Å².